The summed E-state index contributed by atoms with van der Waals surface area (Å²) in [7, 11) is 0. The van der Waals surface area contributed by atoms with E-state index in [4.69, 9.17) is 9.84 Å². The van der Waals surface area contributed by atoms with Crippen molar-refractivity contribution in [3.8, 4) is 0 Å². The van der Waals surface area contributed by atoms with Crippen molar-refractivity contribution in [1.29, 1.82) is 0 Å². The molecule has 88 valence electrons. The van der Waals surface area contributed by atoms with Gasteiger partial charge in [-0.2, -0.15) is 0 Å². The van der Waals surface area contributed by atoms with E-state index in [-0.39, 0.29) is 25.1 Å². The van der Waals surface area contributed by atoms with Gasteiger partial charge < -0.3 is 14.9 Å². The molecule has 15 heavy (non-hydrogen) atoms. The highest BCUT2D eigenvalue weighted by Gasteiger charge is 2.40. The SMILES string of the molecule is CCCCC[C@H](O)[C@H]1C(=O)OC[C@H]1CO. The number of carbonyl (C=O) groups is 1. The Morgan fingerprint density at radius 1 is 1.53 bits per heavy atom. The predicted molar refractivity (Wildman–Crippen MR) is 55.2 cm³/mol. The van der Waals surface area contributed by atoms with E-state index in [1.165, 1.54) is 0 Å². The minimum absolute atomic E-state index is 0.0960. The van der Waals surface area contributed by atoms with E-state index in [1.807, 2.05) is 0 Å². The highest BCUT2D eigenvalue weighted by molar-refractivity contribution is 5.75. The number of hydrogen-bond acceptors (Lipinski definition) is 4. The Morgan fingerprint density at radius 3 is 2.87 bits per heavy atom. The number of carbonyl (C=O) groups excluding carboxylic acids is 1. The fourth-order valence-corrected chi connectivity index (χ4v) is 2.00. The fourth-order valence-electron chi connectivity index (χ4n) is 2.00. The van der Waals surface area contributed by atoms with Crippen molar-refractivity contribution in [2.45, 2.75) is 38.7 Å². The van der Waals surface area contributed by atoms with Crippen LogP contribution in [0.3, 0.4) is 0 Å². The molecule has 0 aromatic heterocycles. The Hall–Kier alpha value is -0.610. The van der Waals surface area contributed by atoms with E-state index in [0.29, 0.717) is 6.42 Å². The van der Waals surface area contributed by atoms with Gasteiger partial charge in [-0.15, -0.1) is 0 Å². The van der Waals surface area contributed by atoms with Gasteiger partial charge in [0.05, 0.1) is 25.2 Å². The summed E-state index contributed by atoms with van der Waals surface area (Å²) in [5, 5.41) is 18.9. The highest BCUT2D eigenvalue weighted by Crippen LogP contribution is 2.27. The first-order chi connectivity index (χ1) is 7.20. The van der Waals surface area contributed by atoms with Crippen LogP contribution < -0.4 is 0 Å². The van der Waals surface area contributed by atoms with Crippen molar-refractivity contribution in [2.75, 3.05) is 13.2 Å². The van der Waals surface area contributed by atoms with Crippen LogP contribution in [0.15, 0.2) is 0 Å². The second kappa shape index (κ2) is 6.08. The van der Waals surface area contributed by atoms with Crippen LogP contribution in [-0.4, -0.2) is 35.5 Å². The normalized spacial score (nSPS) is 27.8. The van der Waals surface area contributed by atoms with Gasteiger partial charge in [0.15, 0.2) is 0 Å². The minimum Gasteiger partial charge on any atom is -0.465 e. The molecular weight excluding hydrogens is 196 g/mol. The monoisotopic (exact) mass is 216 g/mol. The van der Waals surface area contributed by atoms with Gasteiger partial charge in [0, 0.05) is 5.92 Å². The average Bonchev–Trinajstić information content (AvgIpc) is 2.59. The molecule has 0 saturated carbocycles. The Kier molecular flexibility index (Phi) is 5.05. The smallest absolute Gasteiger partial charge is 0.312 e. The van der Waals surface area contributed by atoms with Crippen LogP contribution in [0.1, 0.15) is 32.6 Å². The van der Waals surface area contributed by atoms with Crippen LogP contribution >= 0.6 is 0 Å². The van der Waals surface area contributed by atoms with Crippen molar-refractivity contribution in [3.05, 3.63) is 0 Å². The van der Waals surface area contributed by atoms with Crippen LogP contribution in [-0.2, 0) is 9.53 Å². The van der Waals surface area contributed by atoms with Crippen LogP contribution in [0.2, 0.25) is 0 Å². The van der Waals surface area contributed by atoms with Gasteiger partial charge in [0.2, 0.25) is 0 Å². The molecule has 1 saturated heterocycles. The number of esters is 1. The molecule has 0 aromatic carbocycles. The average molecular weight is 216 g/mol. The fraction of sp³-hybridized carbons (Fsp3) is 0.909. The molecule has 4 heteroatoms. The molecule has 0 aromatic rings. The topological polar surface area (TPSA) is 66.8 Å². The molecule has 1 heterocycles. The molecule has 1 aliphatic rings. The van der Waals surface area contributed by atoms with Crippen molar-refractivity contribution < 1.29 is 19.7 Å². The molecule has 0 aliphatic carbocycles. The number of aliphatic hydroxyl groups is 2. The zero-order valence-electron chi connectivity index (χ0n) is 9.19. The lowest BCUT2D eigenvalue weighted by atomic mass is 9.88. The van der Waals surface area contributed by atoms with E-state index in [0.717, 1.165) is 19.3 Å². The molecular formula is C11H20O4. The predicted octanol–water partition coefficient (Wildman–Crippen LogP) is 0.709. The second-order valence-corrected chi connectivity index (χ2v) is 4.16. The molecule has 4 nitrogen and oxygen atoms in total. The summed E-state index contributed by atoms with van der Waals surface area (Å²) < 4.78 is 4.84. The summed E-state index contributed by atoms with van der Waals surface area (Å²) in [4.78, 5) is 11.3. The summed E-state index contributed by atoms with van der Waals surface area (Å²) in [5.74, 6) is -1.11. The molecule has 1 rings (SSSR count). The van der Waals surface area contributed by atoms with Crippen molar-refractivity contribution in [2.24, 2.45) is 11.8 Å². The van der Waals surface area contributed by atoms with Gasteiger partial charge in [-0.1, -0.05) is 26.2 Å². The summed E-state index contributed by atoms with van der Waals surface area (Å²) in [6.07, 6.45) is 3.01. The lowest BCUT2D eigenvalue weighted by Crippen LogP contribution is -2.31. The Balaban J connectivity index is 2.41. The molecule has 0 radical (unpaired) electrons. The lowest BCUT2D eigenvalue weighted by Gasteiger charge is -2.18. The Labute approximate surface area is 90.2 Å². The number of ether oxygens (including phenoxy) is 1. The lowest BCUT2D eigenvalue weighted by molar-refractivity contribution is -0.144. The van der Waals surface area contributed by atoms with E-state index in [2.05, 4.69) is 6.92 Å². The minimum atomic E-state index is -0.663. The second-order valence-electron chi connectivity index (χ2n) is 4.16. The maximum atomic E-state index is 11.3. The van der Waals surface area contributed by atoms with E-state index in [1.54, 1.807) is 0 Å². The van der Waals surface area contributed by atoms with Gasteiger partial charge in [-0.3, -0.25) is 4.79 Å². The maximum Gasteiger partial charge on any atom is 0.312 e. The highest BCUT2D eigenvalue weighted by atomic mass is 16.5. The van der Waals surface area contributed by atoms with Crippen LogP contribution in [0.4, 0.5) is 0 Å². The molecule has 3 atom stereocenters. The number of cyclic esters (lactones) is 1. The zero-order valence-corrected chi connectivity index (χ0v) is 9.19. The largest absolute Gasteiger partial charge is 0.465 e. The maximum absolute atomic E-state index is 11.3. The van der Waals surface area contributed by atoms with Gasteiger partial charge >= 0.3 is 5.97 Å². The van der Waals surface area contributed by atoms with Gasteiger partial charge in [0.1, 0.15) is 0 Å². The number of hydrogen-bond donors (Lipinski definition) is 2. The quantitative estimate of drug-likeness (QED) is 0.507. The molecule has 0 amide bonds. The van der Waals surface area contributed by atoms with Gasteiger partial charge in [-0.05, 0) is 6.42 Å². The Bertz CT molecular complexity index is 205. The number of rotatable bonds is 6. The molecule has 2 N–H and O–H groups in total. The van der Waals surface area contributed by atoms with Crippen LogP contribution in [0.5, 0.6) is 0 Å². The summed E-state index contributed by atoms with van der Waals surface area (Å²) >= 11 is 0. The van der Waals surface area contributed by atoms with E-state index >= 15 is 0 Å². The Morgan fingerprint density at radius 2 is 2.27 bits per heavy atom. The molecule has 0 bridgehead atoms. The molecule has 0 unspecified atom stereocenters. The zero-order chi connectivity index (χ0) is 11.3. The van der Waals surface area contributed by atoms with Crippen molar-refractivity contribution >= 4 is 5.97 Å². The third kappa shape index (κ3) is 3.18. The molecule has 0 spiro atoms. The standard InChI is InChI=1S/C11H20O4/c1-2-3-4-5-9(13)10-8(6-12)7-15-11(10)14/h8-10,12-13H,2-7H2,1H3/t8-,9+,10+/m1/s1. The number of unbranched alkanes of at least 4 members (excludes halogenated alkanes) is 2. The first-order valence-corrected chi connectivity index (χ1v) is 5.66. The van der Waals surface area contributed by atoms with Crippen LogP contribution in [0.25, 0.3) is 0 Å². The summed E-state index contributed by atoms with van der Waals surface area (Å²) in [6, 6.07) is 0. The third-order valence-electron chi connectivity index (χ3n) is 2.97. The van der Waals surface area contributed by atoms with Crippen molar-refractivity contribution in [1.82, 2.24) is 0 Å². The summed E-state index contributed by atoms with van der Waals surface area (Å²) in [5.41, 5.74) is 0. The molecule has 1 aliphatic heterocycles. The number of aliphatic hydroxyl groups excluding tert-OH is 2. The van der Waals surface area contributed by atoms with Crippen LogP contribution in [0, 0.1) is 11.8 Å². The first-order valence-electron chi connectivity index (χ1n) is 5.66. The molecule has 1 fully saturated rings. The first kappa shape index (κ1) is 12.5. The van der Waals surface area contributed by atoms with Crippen molar-refractivity contribution in [3.63, 3.8) is 0 Å². The van der Waals surface area contributed by atoms with Gasteiger partial charge in [-0.25, -0.2) is 0 Å². The van der Waals surface area contributed by atoms with E-state index < -0.39 is 12.0 Å². The van der Waals surface area contributed by atoms with Gasteiger partial charge in [0.25, 0.3) is 0 Å². The summed E-state index contributed by atoms with van der Waals surface area (Å²) in [6.45, 7) is 2.23. The third-order valence-corrected chi connectivity index (χ3v) is 2.97. The van der Waals surface area contributed by atoms with E-state index in [9.17, 15) is 9.90 Å².